The van der Waals surface area contributed by atoms with Crippen LogP contribution in [0.25, 0.3) is 0 Å². The lowest BCUT2D eigenvalue weighted by Gasteiger charge is -2.32. The van der Waals surface area contributed by atoms with Gasteiger partial charge in [0.2, 0.25) is 11.6 Å². The van der Waals surface area contributed by atoms with Crippen molar-refractivity contribution in [2.24, 2.45) is 0 Å². The lowest BCUT2D eigenvalue weighted by molar-refractivity contribution is -0.142. The van der Waals surface area contributed by atoms with Crippen molar-refractivity contribution >= 4 is 23.5 Å². The minimum absolute atomic E-state index is 0.0404. The molecule has 2 aromatic rings. The molecule has 10 nitrogen and oxygen atoms in total. The van der Waals surface area contributed by atoms with E-state index in [0.29, 0.717) is 33.4 Å². The Balaban J connectivity index is 2.42. The highest BCUT2D eigenvalue weighted by molar-refractivity contribution is 6.24. The zero-order valence-corrected chi connectivity index (χ0v) is 33.1. The summed E-state index contributed by atoms with van der Waals surface area (Å²) in [7, 11) is 2.34. The first-order chi connectivity index (χ1) is 23.6. The fourth-order valence-electron chi connectivity index (χ4n) is 6.64. The van der Waals surface area contributed by atoms with Gasteiger partial charge in [0.25, 0.3) is 0 Å². The number of esters is 2. The van der Waals surface area contributed by atoms with Gasteiger partial charge >= 0.3 is 11.9 Å². The van der Waals surface area contributed by atoms with Gasteiger partial charge in [0.05, 0.1) is 38.2 Å². The van der Waals surface area contributed by atoms with E-state index in [9.17, 15) is 39.6 Å². The highest BCUT2D eigenvalue weighted by Gasteiger charge is 2.44. The van der Waals surface area contributed by atoms with Crippen LogP contribution >= 0.6 is 0 Å². The van der Waals surface area contributed by atoms with Crippen LogP contribution in [0.5, 0.6) is 11.5 Å². The standard InChI is InChI=1S/C42H56O10/c1-39(2,3)25-15-21(16-26(33(25)45)40(4,5)6)23(19-29(43)51-13)31-35(47)37(49)32(38(50)36(31)48)24(20-30(44)52-14)22-17-27(41(7,8)9)34(46)28(18-22)42(10,11)12/h15-18,23-24,45-47,50H,19-20H2,1-14H3/t23-,24-/m1/s1. The van der Waals surface area contributed by atoms with Crippen molar-refractivity contribution in [3.05, 3.63) is 80.3 Å². The molecule has 0 fully saturated rings. The molecule has 0 radical (unpaired) electrons. The summed E-state index contributed by atoms with van der Waals surface area (Å²) in [6.07, 6.45) is -0.966. The Morgan fingerprint density at radius 3 is 0.942 bits per heavy atom. The van der Waals surface area contributed by atoms with Crippen LogP contribution in [0.2, 0.25) is 0 Å². The number of carbonyl (C=O) groups excluding carboxylic acids is 4. The van der Waals surface area contributed by atoms with Crippen molar-refractivity contribution in [2.45, 2.75) is 129 Å². The van der Waals surface area contributed by atoms with Crippen LogP contribution in [0.1, 0.15) is 141 Å². The third-order valence-electron chi connectivity index (χ3n) is 9.62. The average molecular weight is 721 g/mol. The predicted molar refractivity (Wildman–Crippen MR) is 199 cm³/mol. The zero-order chi connectivity index (χ0) is 40.0. The van der Waals surface area contributed by atoms with E-state index in [1.807, 2.05) is 83.1 Å². The van der Waals surface area contributed by atoms with Gasteiger partial charge in [-0.25, -0.2) is 0 Å². The monoisotopic (exact) mass is 720 g/mol. The molecule has 0 unspecified atom stereocenters. The second-order valence-electron chi connectivity index (χ2n) is 17.8. The minimum Gasteiger partial charge on any atom is -0.507 e. The lowest BCUT2D eigenvalue weighted by atomic mass is 9.72. The Labute approximate surface area is 307 Å². The normalized spacial score (nSPS) is 15.9. The number of hydrogen-bond acceptors (Lipinski definition) is 10. The summed E-state index contributed by atoms with van der Waals surface area (Å²) in [5, 5.41) is 46.2. The molecule has 1 aliphatic rings. The van der Waals surface area contributed by atoms with Crippen LogP contribution in [0, 0.1) is 0 Å². The average Bonchev–Trinajstić information content (AvgIpc) is 3.00. The van der Waals surface area contributed by atoms with E-state index in [0.717, 1.165) is 0 Å². The molecule has 52 heavy (non-hydrogen) atoms. The molecule has 0 bridgehead atoms. The summed E-state index contributed by atoms with van der Waals surface area (Å²) < 4.78 is 9.92. The van der Waals surface area contributed by atoms with E-state index in [-0.39, 0.29) is 11.5 Å². The number of allylic oxidation sites excluding steroid dienone is 2. The Bertz CT molecular complexity index is 1640. The van der Waals surface area contributed by atoms with Gasteiger partial charge in [-0.2, -0.15) is 0 Å². The maximum Gasteiger partial charge on any atom is 0.306 e. The Hall–Kier alpha value is -4.60. The molecule has 1 aliphatic carbocycles. The number of phenols is 2. The first-order valence-electron chi connectivity index (χ1n) is 17.4. The summed E-state index contributed by atoms with van der Waals surface area (Å²) in [4.78, 5) is 54.5. The van der Waals surface area contributed by atoms with Crippen LogP contribution in [-0.2, 0) is 50.3 Å². The van der Waals surface area contributed by atoms with E-state index in [1.165, 1.54) is 14.2 Å². The van der Waals surface area contributed by atoms with Crippen LogP contribution in [0.4, 0.5) is 0 Å². The van der Waals surface area contributed by atoms with Crippen molar-refractivity contribution in [2.75, 3.05) is 14.2 Å². The molecule has 2 aromatic carbocycles. The van der Waals surface area contributed by atoms with E-state index in [4.69, 9.17) is 9.47 Å². The van der Waals surface area contributed by atoms with Gasteiger partial charge in [0.1, 0.15) is 11.5 Å². The van der Waals surface area contributed by atoms with Crippen molar-refractivity contribution in [1.82, 2.24) is 0 Å². The number of ketones is 2. The SMILES string of the molecule is COC(=O)C[C@@H](C1=C(O)C(=O)C([C@H](CC(=O)OC)c2cc(C(C)(C)C)c(O)c(C(C)(C)C)c2)=C(O)C1=O)c1cc(C(C)(C)C)c(O)c(C(C)(C)C)c1. The predicted octanol–water partition coefficient (Wildman–Crippen LogP) is 8.06. The number of rotatable bonds is 8. The molecule has 0 heterocycles. The van der Waals surface area contributed by atoms with Gasteiger partial charge in [-0.1, -0.05) is 107 Å². The Morgan fingerprint density at radius 1 is 0.519 bits per heavy atom. The van der Waals surface area contributed by atoms with E-state index >= 15 is 0 Å². The van der Waals surface area contributed by atoms with Crippen LogP contribution < -0.4 is 0 Å². The molecule has 3 rings (SSSR count). The highest BCUT2D eigenvalue weighted by atomic mass is 16.5. The number of hydrogen-bond donors (Lipinski definition) is 4. The molecule has 284 valence electrons. The number of Topliss-reactive ketones (excluding diaryl/α,β-unsaturated/α-hetero) is 2. The summed E-state index contributed by atoms with van der Waals surface area (Å²) in [6.45, 7) is 22.7. The molecule has 2 atom stereocenters. The summed E-state index contributed by atoms with van der Waals surface area (Å²) in [5.41, 5.74) is -0.723. The molecule has 0 aliphatic heterocycles. The number of methoxy groups -OCH3 is 2. The minimum atomic E-state index is -1.27. The van der Waals surface area contributed by atoms with Crippen LogP contribution in [0.15, 0.2) is 46.9 Å². The van der Waals surface area contributed by atoms with Gasteiger partial charge in [0, 0.05) is 11.8 Å². The van der Waals surface area contributed by atoms with Crippen molar-refractivity contribution in [3.8, 4) is 11.5 Å². The molecule has 10 heteroatoms. The van der Waals surface area contributed by atoms with Crippen LogP contribution in [0.3, 0.4) is 0 Å². The number of aliphatic hydroxyl groups excluding tert-OH is 2. The summed E-state index contributed by atoms with van der Waals surface area (Å²) in [5.74, 6) is -8.16. The summed E-state index contributed by atoms with van der Waals surface area (Å²) in [6, 6.07) is 6.52. The second-order valence-corrected chi connectivity index (χ2v) is 17.8. The highest BCUT2D eigenvalue weighted by Crippen LogP contribution is 2.47. The van der Waals surface area contributed by atoms with Gasteiger partial charge in [-0.3, -0.25) is 19.2 Å². The van der Waals surface area contributed by atoms with Gasteiger partial charge in [0.15, 0.2) is 11.5 Å². The Morgan fingerprint density at radius 2 is 0.750 bits per heavy atom. The number of benzene rings is 2. The fraction of sp³-hybridized carbons (Fsp3) is 0.524. The number of aromatic hydroxyl groups is 2. The molecule has 0 aromatic heterocycles. The third-order valence-corrected chi connectivity index (χ3v) is 9.62. The maximum atomic E-state index is 14.4. The fourth-order valence-corrected chi connectivity index (χ4v) is 6.64. The number of carbonyl (C=O) groups is 4. The number of ether oxygens (including phenoxy) is 2. The first-order valence-corrected chi connectivity index (χ1v) is 17.4. The van der Waals surface area contributed by atoms with Crippen molar-refractivity contribution in [1.29, 1.82) is 0 Å². The largest absolute Gasteiger partial charge is 0.507 e. The zero-order valence-electron chi connectivity index (χ0n) is 33.1. The first kappa shape index (κ1) is 41.8. The van der Waals surface area contributed by atoms with E-state index < -0.39 is 92.5 Å². The van der Waals surface area contributed by atoms with E-state index in [2.05, 4.69) is 0 Å². The topological polar surface area (TPSA) is 168 Å². The van der Waals surface area contributed by atoms with Gasteiger partial charge in [-0.15, -0.1) is 0 Å². The quantitative estimate of drug-likeness (QED) is 0.155. The molecule has 4 N–H and O–H groups in total. The number of aliphatic hydroxyl groups is 2. The third kappa shape index (κ3) is 8.37. The maximum absolute atomic E-state index is 14.4. The molecule has 0 saturated carbocycles. The second kappa shape index (κ2) is 14.4. The Kier molecular flexibility index (Phi) is 11.6. The number of phenolic OH excluding ortho intramolecular Hbond substituents is 2. The van der Waals surface area contributed by atoms with E-state index in [1.54, 1.807) is 24.3 Å². The molecule has 0 amide bonds. The van der Waals surface area contributed by atoms with Gasteiger partial charge < -0.3 is 29.9 Å². The van der Waals surface area contributed by atoms with Crippen molar-refractivity contribution in [3.63, 3.8) is 0 Å². The lowest BCUT2D eigenvalue weighted by Crippen LogP contribution is -2.32. The molecule has 0 saturated heterocycles. The molecular formula is C42H56O10. The molecular weight excluding hydrogens is 664 g/mol. The molecule has 0 spiro atoms. The van der Waals surface area contributed by atoms with Crippen molar-refractivity contribution < 1.29 is 49.1 Å². The van der Waals surface area contributed by atoms with Gasteiger partial charge in [-0.05, 0) is 55.0 Å². The summed E-state index contributed by atoms with van der Waals surface area (Å²) >= 11 is 0. The van der Waals surface area contributed by atoms with Crippen LogP contribution in [-0.4, -0.2) is 58.2 Å². The smallest absolute Gasteiger partial charge is 0.306 e.